The van der Waals surface area contributed by atoms with Crippen LogP contribution in [-0.4, -0.2) is 51.2 Å². The van der Waals surface area contributed by atoms with E-state index in [0.717, 1.165) is 27.9 Å². The second-order valence-electron chi connectivity index (χ2n) is 9.46. The van der Waals surface area contributed by atoms with Gasteiger partial charge >= 0.3 is 0 Å². The highest BCUT2D eigenvalue weighted by Gasteiger charge is 2.30. The SMILES string of the molecule is CC(C)(C)c1cc(-c2cncc(-c3ccc(C(=O)N4CC[C@@H](F)[C@H](O)C4)cc3Cl)c2)ccn1. The Morgan fingerprint density at radius 2 is 1.88 bits per heavy atom. The Morgan fingerprint density at radius 3 is 2.58 bits per heavy atom. The lowest BCUT2D eigenvalue weighted by Gasteiger charge is -2.32. The van der Waals surface area contributed by atoms with Crippen molar-refractivity contribution in [3.05, 3.63) is 71.3 Å². The molecule has 2 atom stereocenters. The lowest BCUT2D eigenvalue weighted by Crippen LogP contribution is -2.47. The van der Waals surface area contributed by atoms with E-state index in [0.29, 0.717) is 10.6 Å². The van der Waals surface area contributed by atoms with Gasteiger partial charge in [0.1, 0.15) is 12.3 Å². The molecule has 172 valence electrons. The third-order valence-electron chi connectivity index (χ3n) is 5.91. The molecule has 1 aliphatic heterocycles. The van der Waals surface area contributed by atoms with Crippen molar-refractivity contribution in [3.63, 3.8) is 0 Å². The minimum atomic E-state index is -1.29. The number of pyridine rings is 2. The molecule has 3 aromatic rings. The van der Waals surface area contributed by atoms with Crippen molar-refractivity contribution in [1.82, 2.24) is 14.9 Å². The van der Waals surface area contributed by atoms with Crippen molar-refractivity contribution in [3.8, 4) is 22.3 Å². The monoisotopic (exact) mass is 467 g/mol. The van der Waals surface area contributed by atoms with Crippen molar-refractivity contribution in [2.75, 3.05) is 13.1 Å². The number of hydrogen-bond acceptors (Lipinski definition) is 4. The summed E-state index contributed by atoms with van der Waals surface area (Å²) in [5, 5.41) is 10.2. The molecule has 4 rings (SSSR count). The van der Waals surface area contributed by atoms with Crippen LogP contribution in [-0.2, 0) is 5.41 Å². The smallest absolute Gasteiger partial charge is 0.253 e. The van der Waals surface area contributed by atoms with Gasteiger partial charge in [-0.3, -0.25) is 14.8 Å². The molecule has 1 N–H and O–H groups in total. The Bertz CT molecular complexity index is 1180. The minimum absolute atomic E-state index is 0.0200. The van der Waals surface area contributed by atoms with Gasteiger partial charge in [0.25, 0.3) is 5.91 Å². The maximum Gasteiger partial charge on any atom is 0.253 e. The molecule has 2 aromatic heterocycles. The van der Waals surface area contributed by atoms with E-state index in [4.69, 9.17) is 11.6 Å². The summed E-state index contributed by atoms with van der Waals surface area (Å²) in [5.74, 6) is -0.271. The molecule has 0 unspecified atom stereocenters. The molecule has 1 aliphatic rings. The van der Waals surface area contributed by atoms with Gasteiger partial charge in [-0.25, -0.2) is 4.39 Å². The number of alkyl halides is 1. The average Bonchev–Trinajstić information content (AvgIpc) is 2.80. The molecule has 7 heteroatoms. The molecule has 0 aliphatic carbocycles. The Balaban J connectivity index is 1.60. The van der Waals surface area contributed by atoms with Crippen LogP contribution in [0.3, 0.4) is 0 Å². The number of likely N-dealkylation sites (tertiary alicyclic amines) is 1. The molecule has 1 fully saturated rings. The first-order chi connectivity index (χ1) is 15.6. The van der Waals surface area contributed by atoms with Gasteiger partial charge < -0.3 is 10.0 Å². The Hall–Kier alpha value is -2.83. The fourth-order valence-electron chi connectivity index (χ4n) is 3.92. The van der Waals surface area contributed by atoms with Crippen LogP contribution in [0.5, 0.6) is 0 Å². The number of β-amino-alcohol motifs (C(OH)–C–C–N with tert-alkyl or cyclic N) is 1. The predicted molar refractivity (Wildman–Crippen MR) is 128 cm³/mol. The number of benzene rings is 1. The van der Waals surface area contributed by atoms with Crippen LogP contribution in [0.25, 0.3) is 22.3 Å². The fourth-order valence-corrected chi connectivity index (χ4v) is 4.21. The van der Waals surface area contributed by atoms with Crippen LogP contribution in [0.15, 0.2) is 55.0 Å². The van der Waals surface area contributed by atoms with Gasteiger partial charge in [-0.2, -0.15) is 0 Å². The molecule has 3 heterocycles. The van der Waals surface area contributed by atoms with Gasteiger partial charge in [-0.1, -0.05) is 38.4 Å². The van der Waals surface area contributed by atoms with Gasteiger partial charge in [-0.15, -0.1) is 0 Å². The predicted octanol–water partition coefficient (Wildman–Crippen LogP) is 5.31. The summed E-state index contributed by atoms with van der Waals surface area (Å²) < 4.78 is 13.5. The summed E-state index contributed by atoms with van der Waals surface area (Å²) >= 11 is 6.56. The minimum Gasteiger partial charge on any atom is -0.388 e. The number of aliphatic hydroxyl groups excluding tert-OH is 1. The highest BCUT2D eigenvalue weighted by atomic mass is 35.5. The van der Waals surface area contributed by atoms with Gasteiger partial charge in [-0.05, 0) is 42.3 Å². The van der Waals surface area contributed by atoms with Crippen LogP contribution in [0, 0.1) is 0 Å². The molecule has 1 saturated heterocycles. The highest BCUT2D eigenvalue weighted by molar-refractivity contribution is 6.33. The Kier molecular flexibility index (Phi) is 6.50. The normalized spacial score (nSPS) is 18.9. The number of carbonyl (C=O) groups excluding carboxylic acids is 1. The summed E-state index contributed by atoms with van der Waals surface area (Å²) in [7, 11) is 0. The number of amides is 1. The van der Waals surface area contributed by atoms with Gasteiger partial charge in [0, 0.05) is 70.1 Å². The van der Waals surface area contributed by atoms with E-state index in [-0.39, 0.29) is 30.8 Å². The summed E-state index contributed by atoms with van der Waals surface area (Å²) in [6, 6.07) is 11.1. The Labute approximate surface area is 198 Å². The molecule has 1 aromatic carbocycles. The van der Waals surface area contributed by atoms with Crippen LogP contribution in [0.1, 0.15) is 43.2 Å². The number of hydrogen-bond donors (Lipinski definition) is 1. The molecular weight excluding hydrogens is 441 g/mol. The van der Waals surface area contributed by atoms with Crippen molar-refractivity contribution < 1.29 is 14.3 Å². The summed E-state index contributed by atoms with van der Waals surface area (Å²) in [6.07, 6.45) is 3.02. The van der Waals surface area contributed by atoms with E-state index < -0.39 is 12.3 Å². The lowest BCUT2D eigenvalue weighted by atomic mass is 9.90. The standard InChI is InChI=1S/C26H27ClFN3O2/c1-26(2,3)24-12-16(6-8-30-24)18-10-19(14-29-13-18)20-5-4-17(11-21(20)27)25(33)31-9-7-22(28)23(32)15-31/h4-6,8,10-14,22-23,32H,7,9,15H2,1-3H3/t22-,23-/m1/s1. The average molecular weight is 468 g/mol. The topological polar surface area (TPSA) is 66.3 Å². The number of piperidine rings is 1. The molecule has 33 heavy (non-hydrogen) atoms. The van der Waals surface area contributed by atoms with Gasteiger partial charge in [0.15, 0.2) is 0 Å². The summed E-state index contributed by atoms with van der Waals surface area (Å²) in [6.45, 7) is 6.61. The van der Waals surface area contributed by atoms with Crippen LogP contribution in [0.4, 0.5) is 4.39 Å². The van der Waals surface area contributed by atoms with Crippen LogP contribution in [0.2, 0.25) is 5.02 Å². The number of aliphatic hydroxyl groups is 1. The quantitative estimate of drug-likeness (QED) is 0.567. The molecule has 0 radical (unpaired) electrons. The van der Waals surface area contributed by atoms with Crippen molar-refractivity contribution in [2.45, 2.75) is 44.9 Å². The van der Waals surface area contributed by atoms with E-state index in [1.54, 1.807) is 36.8 Å². The van der Waals surface area contributed by atoms with Crippen LogP contribution >= 0.6 is 11.6 Å². The zero-order valence-electron chi connectivity index (χ0n) is 18.9. The second kappa shape index (κ2) is 9.20. The van der Waals surface area contributed by atoms with Crippen LogP contribution < -0.4 is 0 Å². The maximum absolute atomic E-state index is 13.5. The summed E-state index contributed by atoms with van der Waals surface area (Å²) in [4.78, 5) is 23.2. The van der Waals surface area contributed by atoms with E-state index in [1.165, 1.54) is 4.90 Å². The molecule has 0 spiro atoms. The summed E-state index contributed by atoms with van der Waals surface area (Å²) in [5.41, 5.74) is 4.88. The molecule has 5 nitrogen and oxygen atoms in total. The van der Waals surface area contributed by atoms with E-state index in [1.807, 2.05) is 12.1 Å². The number of carbonyl (C=O) groups is 1. The largest absolute Gasteiger partial charge is 0.388 e. The van der Waals surface area contributed by atoms with Gasteiger partial charge in [0.2, 0.25) is 0 Å². The maximum atomic E-state index is 13.5. The number of rotatable bonds is 3. The molecule has 0 bridgehead atoms. The Morgan fingerprint density at radius 1 is 1.12 bits per heavy atom. The van der Waals surface area contributed by atoms with E-state index in [2.05, 4.69) is 36.8 Å². The number of nitrogens with zero attached hydrogens (tertiary/aromatic N) is 3. The lowest BCUT2D eigenvalue weighted by molar-refractivity contribution is 0.00580. The molecule has 0 saturated carbocycles. The number of halogens is 2. The first kappa shape index (κ1) is 23.3. The van der Waals surface area contributed by atoms with Crippen molar-refractivity contribution in [1.29, 1.82) is 0 Å². The van der Waals surface area contributed by atoms with E-state index in [9.17, 15) is 14.3 Å². The third-order valence-corrected chi connectivity index (χ3v) is 6.23. The first-order valence-corrected chi connectivity index (χ1v) is 11.3. The van der Waals surface area contributed by atoms with Crippen molar-refractivity contribution in [2.24, 2.45) is 0 Å². The first-order valence-electron chi connectivity index (χ1n) is 11.0. The second-order valence-corrected chi connectivity index (χ2v) is 9.87. The highest BCUT2D eigenvalue weighted by Crippen LogP contribution is 2.32. The van der Waals surface area contributed by atoms with Crippen molar-refractivity contribution >= 4 is 17.5 Å². The van der Waals surface area contributed by atoms with Gasteiger partial charge in [0.05, 0.1) is 0 Å². The van der Waals surface area contributed by atoms with E-state index >= 15 is 0 Å². The molecular formula is C26H27ClFN3O2. The fraction of sp³-hybridized carbons (Fsp3) is 0.346. The third kappa shape index (κ3) is 5.07. The molecule has 1 amide bonds. The zero-order chi connectivity index (χ0) is 23.8. The number of aromatic nitrogens is 2. The zero-order valence-corrected chi connectivity index (χ0v) is 19.7.